The third-order valence-corrected chi connectivity index (χ3v) is 2.54. The second kappa shape index (κ2) is 3.89. The van der Waals surface area contributed by atoms with Gasteiger partial charge in [-0.25, -0.2) is 0 Å². The van der Waals surface area contributed by atoms with Crippen molar-refractivity contribution < 1.29 is 4.68 Å². The van der Waals surface area contributed by atoms with Gasteiger partial charge >= 0.3 is 0 Å². The lowest BCUT2D eigenvalue weighted by Crippen LogP contribution is -2.43. The van der Waals surface area contributed by atoms with Crippen molar-refractivity contribution in [3.05, 3.63) is 48.3 Å². The minimum absolute atomic E-state index is 0.473. The first kappa shape index (κ1) is 9.97. The SMILES string of the molecule is Cc1ccc(-n2ccc[n+]2C(C)C)cc1. The molecule has 78 valence electrons. The fraction of sp³-hybridized carbons (Fsp3) is 0.308. The van der Waals surface area contributed by atoms with Crippen molar-refractivity contribution in [1.82, 2.24) is 4.68 Å². The van der Waals surface area contributed by atoms with Crippen LogP contribution in [0.25, 0.3) is 5.69 Å². The maximum Gasteiger partial charge on any atom is 0.196 e. The summed E-state index contributed by atoms with van der Waals surface area (Å²) in [6.45, 7) is 6.48. The highest BCUT2D eigenvalue weighted by Crippen LogP contribution is 2.08. The molecule has 2 heteroatoms. The molecule has 2 rings (SSSR count). The molecule has 0 unspecified atom stereocenters. The van der Waals surface area contributed by atoms with E-state index < -0.39 is 0 Å². The molecule has 1 aromatic carbocycles. The van der Waals surface area contributed by atoms with E-state index in [9.17, 15) is 0 Å². The molecule has 0 saturated carbocycles. The number of nitrogens with zero attached hydrogens (tertiary/aromatic N) is 2. The van der Waals surface area contributed by atoms with Crippen LogP contribution in [0.15, 0.2) is 42.7 Å². The van der Waals surface area contributed by atoms with Crippen molar-refractivity contribution in [3.63, 3.8) is 0 Å². The van der Waals surface area contributed by atoms with Crippen LogP contribution in [0, 0.1) is 6.92 Å². The van der Waals surface area contributed by atoms with Crippen molar-refractivity contribution in [3.8, 4) is 5.69 Å². The maximum absolute atomic E-state index is 2.21. The smallest absolute Gasteiger partial charge is 0.128 e. The van der Waals surface area contributed by atoms with E-state index in [0.29, 0.717) is 6.04 Å². The molecule has 0 radical (unpaired) electrons. The van der Waals surface area contributed by atoms with Crippen LogP contribution >= 0.6 is 0 Å². The lowest BCUT2D eigenvalue weighted by atomic mass is 10.2. The monoisotopic (exact) mass is 201 g/mol. The molecule has 2 nitrogen and oxygen atoms in total. The van der Waals surface area contributed by atoms with E-state index in [1.54, 1.807) is 0 Å². The molecule has 1 aromatic heterocycles. The normalized spacial score (nSPS) is 10.9. The first-order chi connectivity index (χ1) is 7.18. The van der Waals surface area contributed by atoms with Crippen molar-refractivity contribution in [2.75, 3.05) is 0 Å². The lowest BCUT2D eigenvalue weighted by molar-refractivity contribution is -0.783. The van der Waals surface area contributed by atoms with Crippen LogP contribution in [0.2, 0.25) is 0 Å². The molecule has 0 aliphatic rings. The minimum atomic E-state index is 0.473. The van der Waals surface area contributed by atoms with E-state index in [4.69, 9.17) is 0 Å². The van der Waals surface area contributed by atoms with Crippen LogP contribution in [-0.4, -0.2) is 4.68 Å². The number of hydrogen-bond donors (Lipinski definition) is 0. The molecule has 2 aromatic rings. The summed E-state index contributed by atoms with van der Waals surface area (Å²) in [7, 11) is 0. The number of rotatable bonds is 2. The van der Waals surface area contributed by atoms with E-state index in [1.807, 2.05) is 0 Å². The van der Waals surface area contributed by atoms with Crippen molar-refractivity contribution >= 4 is 0 Å². The molecule has 0 amide bonds. The topological polar surface area (TPSA) is 8.81 Å². The van der Waals surface area contributed by atoms with Gasteiger partial charge in [0.2, 0.25) is 0 Å². The zero-order valence-corrected chi connectivity index (χ0v) is 9.51. The number of hydrogen-bond acceptors (Lipinski definition) is 0. The van der Waals surface area contributed by atoms with Crippen LogP contribution in [0.5, 0.6) is 0 Å². The van der Waals surface area contributed by atoms with Gasteiger partial charge in [-0.15, -0.1) is 9.36 Å². The molecule has 1 heterocycles. The molecule has 0 spiro atoms. The molecule has 0 bridgehead atoms. The zero-order chi connectivity index (χ0) is 10.8. The Morgan fingerprint density at radius 2 is 1.80 bits per heavy atom. The fourth-order valence-electron chi connectivity index (χ4n) is 1.69. The third kappa shape index (κ3) is 1.94. The molecule has 0 saturated heterocycles. The molecule has 0 aliphatic heterocycles. The fourth-order valence-corrected chi connectivity index (χ4v) is 1.69. The second-order valence-electron chi connectivity index (χ2n) is 4.14. The summed E-state index contributed by atoms with van der Waals surface area (Å²) in [5.74, 6) is 0. The Morgan fingerprint density at radius 1 is 1.13 bits per heavy atom. The van der Waals surface area contributed by atoms with E-state index in [0.717, 1.165) is 0 Å². The van der Waals surface area contributed by atoms with E-state index in [2.05, 4.69) is 72.9 Å². The maximum atomic E-state index is 2.21. The largest absolute Gasteiger partial charge is 0.196 e. The highest BCUT2D eigenvalue weighted by molar-refractivity contribution is 5.32. The third-order valence-electron chi connectivity index (χ3n) is 2.54. The minimum Gasteiger partial charge on any atom is -0.128 e. The van der Waals surface area contributed by atoms with Gasteiger partial charge in [0, 0.05) is 6.07 Å². The summed E-state index contributed by atoms with van der Waals surface area (Å²) in [4.78, 5) is 0. The van der Waals surface area contributed by atoms with Gasteiger partial charge < -0.3 is 0 Å². The molecule has 0 N–H and O–H groups in total. The summed E-state index contributed by atoms with van der Waals surface area (Å²) in [6.07, 6.45) is 4.19. The first-order valence-corrected chi connectivity index (χ1v) is 5.34. The van der Waals surface area contributed by atoms with Crippen LogP contribution in [0.1, 0.15) is 25.5 Å². The predicted molar refractivity (Wildman–Crippen MR) is 61.1 cm³/mol. The number of aryl methyl sites for hydroxylation is 1. The van der Waals surface area contributed by atoms with Crippen LogP contribution < -0.4 is 4.68 Å². The van der Waals surface area contributed by atoms with Crippen LogP contribution in [0.4, 0.5) is 0 Å². The van der Waals surface area contributed by atoms with E-state index in [1.165, 1.54) is 11.3 Å². The number of aromatic nitrogens is 2. The Hall–Kier alpha value is -1.57. The van der Waals surface area contributed by atoms with E-state index in [-0.39, 0.29) is 0 Å². The summed E-state index contributed by atoms with van der Waals surface area (Å²) < 4.78 is 4.38. The van der Waals surface area contributed by atoms with Gasteiger partial charge in [-0.2, -0.15) is 0 Å². The van der Waals surface area contributed by atoms with Gasteiger partial charge in [0.1, 0.15) is 5.69 Å². The first-order valence-electron chi connectivity index (χ1n) is 5.34. The quantitative estimate of drug-likeness (QED) is 0.660. The summed E-state index contributed by atoms with van der Waals surface area (Å²) >= 11 is 0. The van der Waals surface area contributed by atoms with Gasteiger partial charge in [0.05, 0.1) is 6.20 Å². The van der Waals surface area contributed by atoms with Crippen LogP contribution in [-0.2, 0) is 0 Å². The Labute approximate surface area is 90.8 Å². The van der Waals surface area contributed by atoms with Crippen LogP contribution in [0.3, 0.4) is 0 Å². The van der Waals surface area contributed by atoms with Gasteiger partial charge in [-0.3, -0.25) is 0 Å². The predicted octanol–water partition coefficient (Wildman–Crippen LogP) is 2.65. The Bertz CT molecular complexity index is 438. The van der Waals surface area contributed by atoms with Gasteiger partial charge in [0.15, 0.2) is 12.2 Å². The van der Waals surface area contributed by atoms with Crippen molar-refractivity contribution in [1.29, 1.82) is 0 Å². The van der Waals surface area contributed by atoms with E-state index >= 15 is 0 Å². The van der Waals surface area contributed by atoms with Gasteiger partial charge in [-0.1, -0.05) is 17.7 Å². The summed E-state index contributed by atoms with van der Waals surface area (Å²) in [5, 5.41) is 0. The Kier molecular flexibility index (Phi) is 2.58. The highest BCUT2D eigenvalue weighted by Gasteiger charge is 2.12. The van der Waals surface area contributed by atoms with Crippen molar-refractivity contribution in [2.45, 2.75) is 26.8 Å². The van der Waals surface area contributed by atoms with Gasteiger partial charge in [0.25, 0.3) is 0 Å². The summed E-state index contributed by atoms with van der Waals surface area (Å²) in [5.41, 5.74) is 2.50. The molecule has 0 aliphatic carbocycles. The second-order valence-corrected chi connectivity index (χ2v) is 4.14. The Morgan fingerprint density at radius 3 is 2.40 bits per heavy atom. The molecular weight excluding hydrogens is 184 g/mol. The molecular formula is C13H17N2+. The molecule has 0 atom stereocenters. The number of benzene rings is 1. The lowest BCUT2D eigenvalue weighted by Gasteiger charge is -2.05. The summed E-state index contributed by atoms with van der Waals surface area (Å²) in [6, 6.07) is 11.1. The highest BCUT2D eigenvalue weighted by atomic mass is 15.4. The van der Waals surface area contributed by atoms with Crippen molar-refractivity contribution in [2.24, 2.45) is 0 Å². The molecule has 0 fully saturated rings. The standard InChI is InChI=1S/C13H17N2/c1-11(2)14-9-4-10-15(14)13-7-5-12(3)6-8-13/h4-11H,1-3H3/q+1. The van der Waals surface area contributed by atoms with Gasteiger partial charge in [-0.05, 0) is 32.9 Å². The average molecular weight is 201 g/mol. The average Bonchev–Trinajstić information content (AvgIpc) is 2.67. The zero-order valence-electron chi connectivity index (χ0n) is 9.51. The Balaban J connectivity index is 2.45. The molecule has 15 heavy (non-hydrogen) atoms.